The van der Waals surface area contributed by atoms with Crippen molar-refractivity contribution in [1.29, 1.82) is 0 Å². The third kappa shape index (κ3) is 4.24. The van der Waals surface area contributed by atoms with Crippen LogP contribution in [0.3, 0.4) is 0 Å². The van der Waals surface area contributed by atoms with Gasteiger partial charge in [0.25, 0.3) is 0 Å². The van der Waals surface area contributed by atoms with E-state index in [9.17, 15) is 19.7 Å². The number of nitro groups is 1. The number of carbonyl (C=O) groups excluding carboxylic acids is 2. The van der Waals surface area contributed by atoms with Crippen molar-refractivity contribution in [3.8, 4) is 0 Å². The summed E-state index contributed by atoms with van der Waals surface area (Å²) < 4.78 is 9.81. The molecule has 0 spiro atoms. The third-order valence-electron chi connectivity index (χ3n) is 4.19. The summed E-state index contributed by atoms with van der Waals surface area (Å²) in [5.74, 6) is -1.26. The molecular formula is C19H17NO6. The van der Waals surface area contributed by atoms with Gasteiger partial charge < -0.3 is 9.15 Å². The van der Waals surface area contributed by atoms with Crippen molar-refractivity contribution in [2.75, 3.05) is 6.61 Å². The number of hydrogen-bond donors (Lipinski definition) is 0. The van der Waals surface area contributed by atoms with Crippen LogP contribution in [-0.2, 0) is 22.4 Å². The summed E-state index contributed by atoms with van der Waals surface area (Å²) in [5, 5.41) is 10.5. The molecule has 0 aliphatic heterocycles. The smallest absolute Gasteiger partial charge is 0.433 e. The first kappa shape index (κ1) is 17.6. The van der Waals surface area contributed by atoms with Gasteiger partial charge in [0, 0.05) is 11.6 Å². The van der Waals surface area contributed by atoms with E-state index in [0.29, 0.717) is 5.56 Å². The Kier molecular flexibility index (Phi) is 5.26. The predicted molar refractivity (Wildman–Crippen MR) is 92.8 cm³/mol. The number of furan rings is 1. The van der Waals surface area contributed by atoms with E-state index < -0.39 is 16.8 Å². The second-order valence-electron chi connectivity index (χ2n) is 5.99. The van der Waals surface area contributed by atoms with Crippen LogP contribution in [0, 0.1) is 10.1 Å². The van der Waals surface area contributed by atoms with Crippen LogP contribution < -0.4 is 0 Å². The van der Waals surface area contributed by atoms with Crippen LogP contribution in [0.25, 0.3) is 6.08 Å². The van der Waals surface area contributed by atoms with E-state index >= 15 is 0 Å². The van der Waals surface area contributed by atoms with Gasteiger partial charge in [0.05, 0.1) is 6.07 Å². The number of nitrogens with zero attached hydrogens (tertiary/aromatic N) is 1. The molecule has 0 amide bonds. The van der Waals surface area contributed by atoms with E-state index in [0.717, 1.165) is 25.3 Å². The Hall–Kier alpha value is -3.22. The quantitative estimate of drug-likeness (QED) is 0.258. The fraction of sp³-hybridized carbons (Fsp3) is 0.263. The minimum atomic E-state index is -0.727. The highest BCUT2D eigenvalue weighted by Crippen LogP contribution is 2.22. The molecule has 2 aromatic rings. The molecule has 1 aliphatic rings. The molecule has 1 aliphatic carbocycles. The minimum Gasteiger partial charge on any atom is -0.454 e. The molecule has 1 aromatic heterocycles. The minimum absolute atomic E-state index is 0.148. The number of esters is 1. The molecule has 134 valence electrons. The fourth-order valence-corrected chi connectivity index (χ4v) is 2.86. The van der Waals surface area contributed by atoms with Crippen molar-refractivity contribution in [1.82, 2.24) is 0 Å². The van der Waals surface area contributed by atoms with Gasteiger partial charge in [0.2, 0.25) is 0 Å². The number of carbonyl (C=O) groups is 2. The number of ether oxygens (including phenoxy) is 1. The van der Waals surface area contributed by atoms with Gasteiger partial charge in [-0.3, -0.25) is 14.9 Å². The molecular weight excluding hydrogens is 338 g/mol. The second kappa shape index (κ2) is 7.77. The summed E-state index contributed by atoms with van der Waals surface area (Å²) in [7, 11) is 0. The summed E-state index contributed by atoms with van der Waals surface area (Å²) >= 11 is 0. The van der Waals surface area contributed by atoms with Gasteiger partial charge in [0.15, 0.2) is 12.4 Å². The lowest BCUT2D eigenvalue weighted by Crippen LogP contribution is -2.13. The molecule has 1 heterocycles. The van der Waals surface area contributed by atoms with E-state index in [1.54, 1.807) is 6.07 Å². The van der Waals surface area contributed by atoms with Gasteiger partial charge in [-0.2, -0.15) is 0 Å². The highest BCUT2D eigenvalue weighted by Gasteiger charge is 2.14. The van der Waals surface area contributed by atoms with Crippen LogP contribution in [0.1, 0.15) is 40.1 Å². The average molecular weight is 355 g/mol. The number of rotatable bonds is 6. The first-order valence-electron chi connectivity index (χ1n) is 8.27. The number of fused-ring (bicyclic) bond motifs is 1. The van der Waals surface area contributed by atoms with Gasteiger partial charge >= 0.3 is 11.9 Å². The van der Waals surface area contributed by atoms with Crippen LogP contribution in [-0.4, -0.2) is 23.3 Å². The number of aryl methyl sites for hydroxylation is 2. The molecule has 26 heavy (non-hydrogen) atoms. The summed E-state index contributed by atoms with van der Waals surface area (Å²) in [6.45, 7) is -0.361. The molecule has 0 saturated carbocycles. The first-order chi connectivity index (χ1) is 12.5. The lowest BCUT2D eigenvalue weighted by molar-refractivity contribution is -0.402. The topological polar surface area (TPSA) is 99.7 Å². The van der Waals surface area contributed by atoms with Crippen molar-refractivity contribution in [2.45, 2.75) is 25.7 Å². The lowest BCUT2D eigenvalue weighted by atomic mass is 9.90. The highest BCUT2D eigenvalue weighted by molar-refractivity contribution is 5.99. The molecule has 0 radical (unpaired) electrons. The normalized spacial score (nSPS) is 13.4. The zero-order valence-electron chi connectivity index (χ0n) is 14.0. The number of hydrogen-bond acceptors (Lipinski definition) is 6. The van der Waals surface area contributed by atoms with E-state index in [2.05, 4.69) is 0 Å². The Labute approximate surface area is 149 Å². The average Bonchev–Trinajstić information content (AvgIpc) is 3.13. The molecule has 0 fully saturated rings. The van der Waals surface area contributed by atoms with Crippen LogP contribution in [0.5, 0.6) is 0 Å². The Balaban J connectivity index is 1.54. The van der Waals surface area contributed by atoms with Crippen LogP contribution >= 0.6 is 0 Å². The summed E-state index contributed by atoms with van der Waals surface area (Å²) in [6, 6.07) is 8.15. The molecule has 1 aromatic carbocycles. The Morgan fingerprint density at radius 3 is 2.65 bits per heavy atom. The zero-order valence-corrected chi connectivity index (χ0v) is 14.0. The predicted octanol–water partition coefficient (Wildman–Crippen LogP) is 3.51. The second-order valence-corrected chi connectivity index (χ2v) is 5.99. The van der Waals surface area contributed by atoms with Crippen molar-refractivity contribution in [2.24, 2.45) is 0 Å². The molecule has 3 rings (SSSR count). The van der Waals surface area contributed by atoms with E-state index in [-0.39, 0.29) is 18.2 Å². The van der Waals surface area contributed by atoms with Crippen LogP contribution in [0.2, 0.25) is 0 Å². The van der Waals surface area contributed by atoms with Crippen molar-refractivity contribution < 1.29 is 23.7 Å². The van der Waals surface area contributed by atoms with Gasteiger partial charge in [-0.05, 0) is 55.0 Å². The molecule has 0 atom stereocenters. The third-order valence-corrected chi connectivity index (χ3v) is 4.19. The first-order valence-corrected chi connectivity index (χ1v) is 8.27. The standard InChI is InChI=1S/C19H17NO6/c21-17(15-6-5-13-3-1-2-4-14(13)11-15)12-25-19(22)10-8-16-7-9-18(26-16)20(23)24/h5-11H,1-4,12H2/b10-8+. The zero-order chi connectivity index (χ0) is 18.5. The Morgan fingerprint density at radius 1 is 1.15 bits per heavy atom. The summed E-state index contributed by atoms with van der Waals surface area (Å²) in [5.41, 5.74) is 3.00. The number of benzene rings is 1. The van der Waals surface area contributed by atoms with Gasteiger partial charge in [0.1, 0.15) is 10.7 Å². The molecule has 0 saturated heterocycles. The molecule has 7 nitrogen and oxygen atoms in total. The molecule has 0 unspecified atom stereocenters. The fourth-order valence-electron chi connectivity index (χ4n) is 2.86. The van der Waals surface area contributed by atoms with Crippen LogP contribution in [0.4, 0.5) is 5.88 Å². The van der Waals surface area contributed by atoms with Gasteiger partial charge in [-0.15, -0.1) is 0 Å². The van der Waals surface area contributed by atoms with Crippen LogP contribution in [0.15, 0.2) is 40.8 Å². The van der Waals surface area contributed by atoms with E-state index in [1.165, 1.54) is 35.8 Å². The SMILES string of the molecule is O=C(/C=C/c1ccc([N+](=O)[O-])o1)OCC(=O)c1ccc2c(c1)CCCC2. The summed E-state index contributed by atoms with van der Waals surface area (Å²) in [6.07, 6.45) is 6.60. The van der Waals surface area contributed by atoms with Gasteiger partial charge in [-0.25, -0.2) is 4.79 Å². The Morgan fingerprint density at radius 2 is 1.92 bits per heavy atom. The van der Waals surface area contributed by atoms with Crippen molar-refractivity contribution in [3.63, 3.8) is 0 Å². The molecule has 7 heteroatoms. The largest absolute Gasteiger partial charge is 0.454 e. The lowest BCUT2D eigenvalue weighted by Gasteiger charge is -2.16. The molecule has 0 N–H and O–H groups in total. The van der Waals surface area contributed by atoms with E-state index in [4.69, 9.17) is 9.15 Å². The molecule has 0 bridgehead atoms. The van der Waals surface area contributed by atoms with Crippen molar-refractivity contribution in [3.05, 3.63) is 69.0 Å². The maximum Gasteiger partial charge on any atom is 0.433 e. The highest BCUT2D eigenvalue weighted by atomic mass is 16.6. The maximum atomic E-state index is 12.2. The summed E-state index contributed by atoms with van der Waals surface area (Å²) in [4.78, 5) is 33.7. The monoisotopic (exact) mass is 355 g/mol. The van der Waals surface area contributed by atoms with Crippen molar-refractivity contribution >= 4 is 23.7 Å². The van der Waals surface area contributed by atoms with Gasteiger partial charge in [-0.1, -0.05) is 12.1 Å². The Bertz CT molecular complexity index is 880. The number of ketones is 1. The maximum absolute atomic E-state index is 12.2. The number of Topliss-reactive ketones (excluding diaryl/α,β-unsaturated/α-hetero) is 1. The van der Waals surface area contributed by atoms with E-state index in [1.807, 2.05) is 12.1 Å².